The topological polar surface area (TPSA) is 15.3 Å². The van der Waals surface area contributed by atoms with Crippen molar-refractivity contribution in [2.45, 2.75) is 58.0 Å². The molecule has 1 aromatic rings. The summed E-state index contributed by atoms with van der Waals surface area (Å²) >= 11 is 0. The molecule has 1 aliphatic heterocycles. The summed E-state index contributed by atoms with van der Waals surface area (Å²) in [5, 5.41) is 3.74. The third-order valence-electron chi connectivity index (χ3n) is 4.44. The van der Waals surface area contributed by atoms with E-state index in [1.165, 1.54) is 44.3 Å². The Kier molecular flexibility index (Phi) is 6.55. The van der Waals surface area contributed by atoms with Crippen LogP contribution < -0.4 is 5.32 Å². The molecule has 0 saturated carbocycles. The lowest BCUT2D eigenvalue weighted by Crippen LogP contribution is -2.43. The highest BCUT2D eigenvalue weighted by atomic mass is 15.2. The zero-order valence-corrected chi connectivity index (χ0v) is 13.1. The molecule has 0 bridgehead atoms. The molecule has 1 aliphatic rings. The first-order valence-electron chi connectivity index (χ1n) is 8.34. The van der Waals surface area contributed by atoms with Gasteiger partial charge in [-0.25, -0.2) is 0 Å². The molecule has 1 aromatic carbocycles. The van der Waals surface area contributed by atoms with Crippen LogP contribution in [-0.4, -0.2) is 36.6 Å². The zero-order chi connectivity index (χ0) is 14.2. The smallest absolute Gasteiger partial charge is 0.0235 e. The van der Waals surface area contributed by atoms with Gasteiger partial charge in [-0.3, -0.25) is 4.90 Å². The molecule has 0 amide bonds. The second-order valence-electron chi connectivity index (χ2n) is 6.04. The van der Waals surface area contributed by atoms with Crippen LogP contribution in [0.4, 0.5) is 0 Å². The predicted molar refractivity (Wildman–Crippen MR) is 87.1 cm³/mol. The molecule has 1 heterocycles. The minimum absolute atomic E-state index is 0.603. The van der Waals surface area contributed by atoms with E-state index in [1.54, 1.807) is 0 Å². The van der Waals surface area contributed by atoms with Gasteiger partial charge in [-0.15, -0.1) is 0 Å². The summed E-state index contributed by atoms with van der Waals surface area (Å²) in [6.45, 7) is 8.27. The second kappa shape index (κ2) is 8.43. The van der Waals surface area contributed by atoms with Crippen molar-refractivity contribution < 1.29 is 0 Å². The van der Waals surface area contributed by atoms with Gasteiger partial charge in [0.2, 0.25) is 0 Å². The number of nitrogens with zero attached hydrogens (tertiary/aromatic N) is 1. The maximum atomic E-state index is 3.74. The summed E-state index contributed by atoms with van der Waals surface area (Å²) in [6.07, 6.45) is 6.36. The summed E-state index contributed by atoms with van der Waals surface area (Å²) in [6, 6.07) is 12.3. The summed E-state index contributed by atoms with van der Waals surface area (Å²) in [5.74, 6) is 0. The summed E-state index contributed by atoms with van der Waals surface area (Å²) < 4.78 is 0. The van der Waals surface area contributed by atoms with E-state index in [2.05, 4.69) is 54.4 Å². The Hall–Kier alpha value is -0.860. The lowest BCUT2D eigenvalue weighted by Gasteiger charge is -2.32. The highest BCUT2D eigenvalue weighted by Crippen LogP contribution is 2.15. The fraction of sp³-hybridized carbons (Fsp3) is 0.667. The van der Waals surface area contributed by atoms with Crippen LogP contribution in [0.5, 0.6) is 0 Å². The Bertz CT molecular complexity index is 363. The van der Waals surface area contributed by atoms with Crippen molar-refractivity contribution >= 4 is 0 Å². The van der Waals surface area contributed by atoms with Crippen molar-refractivity contribution in [1.82, 2.24) is 10.2 Å². The van der Waals surface area contributed by atoms with E-state index in [0.717, 1.165) is 19.0 Å². The predicted octanol–water partition coefficient (Wildman–Crippen LogP) is 3.47. The molecule has 0 radical (unpaired) electrons. The molecule has 2 atom stereocenters. The molecule has 20 heavy (non-hydrogen) atoms. The Morgan fingerprint density at radius 2 is 2.05 bits per heavy atom. The fourth-order valence-corrected chi connectivity index (χ4v) is 3.37. The molecule has 1 fully saturated rings. The highest BCUT2D eigenvalue weighted by molar-refractivity contribution is 5.16. The first-order chi connectivity index (χ1) is 9.83. The normalized spacial score (nSPS) is 22.4. The molecular formula is C18H30N2. The van der Waals surface area contributed by atoms with Crippen molar-refractivity contribution in [3.05, 3.63) is 35.9 Å². The van der Waals surface area contributed by atoms with Crippen LogP contribution in [0.25, 0.3) is 0 Å². The average molecular weight is 274 g/mol. The fourth-order valence-electron chi connectivity index (χ4n) is 3.37. The molecule has 112 valence electrons. The molecule has 2 unspecified atom stereocenters. The van der Waals surface area contributed by atoms with Gasteiger partial charge >= 0.3 is 0 Å². The minimum Gasteiger partial charge on any atom is -0.312 e. The minimum atomic E-state index is 0.603. The van der Waals surface area contributed by atoms with Gasteiger partial charge in [0.1, 0.15) is 0 Å². The van der Waals surface area contributed by atoms with Crippen molar-refractivity contribution in [3.63, 3.8) is 0 Å². The molecule has 1 saturated heterocycles. The van der Waals surface area contributed by atoms with Crippen LogP contribution in [0, 0.1) is 0 Å². The van der Waals surface area contributed by atoms with E-state index < -0.39 is 0 Å². The number of nitrogens with one attached hydrogen (secondary N) is 1. The van der Waals surface area contributed by atoms with Crippen LogP contribution in [-0.2, 0) is 6.42 Å². The van der Waals surface area contributed by atoms with Gasteiger partial charge in [-0.2, -0.15) is 0 Å². The molecule has 2 heteroatoms. The van der Waals surface area contributed by atoms with E-state index in [1.807, 2.05) is 0 Å². The number of hydrogen-bond acceptors (Lipinski definition) is 2. The lowest BCUT2D eigenvalue weighted by atomic mass is 10.0. The van der Waals surface area contributed by atoms with Gasteiger partial charge in [0.05, 0.1) is 0 Å². The van der Waals surface area contributed by atoms with Crippen LogP contribution in [0.2, 0.25) is 0 Å². The van der Waals surface area contributed by atoms with Crippen molar-refractivity contribution in [2.24, 2.45) is 0 Å². The molecule has 1 N–H and O–H groups in total. The summed E-state index contributed by atoms with van der Waals surface area (Å²) in [7, 11) is 0. The highest BCUT2D eigenvalue weighted by Gasteiger charge is 2.22. The quantitative estimate of drug-likeness (QED) is 0.854. The van der Waals surface area contributed by atoms with Gasteiger partial charge in [0, 0.05) is 18.6 Å². The molecule has 0 aromatic heterocycles. The number of rotatable bonds is 6. The number of hydrogen-bond donors (Lipinski definition) is 1. The Labute approximate surface area is 124 Å². The van der Waals surface area contributed by atoms with Crippen LogP contribution in [0.1, 0.15) is 45.1 Å². The molecule has 0 aliphatic carbocycles. The largest absolute Gasteiger partial charge is 0.312 e. The van der Waals surface area contributed by atoms with Crippen molar-refractivity contribution in [3.8, 4) is 0 Å². The van der Waals surface area contributed by atoms with Gasteiger partial charge in [-0.05, 0) is 44.3 Å². The van der Waals surface area contributed by atoms with Crippen molar-refractivity contribution in [2.75, 3.05) is 19.6 Å². The molecule has 2 rings (SSSR count). The maximum absolute atomic E-state index is 3.74. The zero-order valence-electron chi connectivity index (χ0n) is 13.1. The molecule has 0 spiro atoms. The Balaban J connectivity index is 1.95. The Morgan fingerprint density at radius 3 is 2.75 bits per heavy atom. The average Bonchev–Trinajstić information content (AvgIpc) is 2.71. The van der Waals surface area contributed by atoms with Crippen LogP contribution >= 0.6 is 0 Å². The van der Waals surface area contributed by atoms with E-state index in [0.29, 0.717) is 6.04 Å². The monoisotopic (exact) mass is 274 g/mol. The second-order valence-corrected chi connectivity index (χ2v) is 6.04. The van der Waals surface area contributed by atoms with Crippen LogP contribution in [0.3, 0.4) is 0 Å². The van der Waals surface area contributed by atoms with Gasteiger partial charge in [-0.1, -0.05) is 50.6 Å². The third-order valence-corrected chi connectivity index (χ3v) is 4.44. The van der Waals surface area contributed by atoms with Gasteiger partial charge in [0.25, 0.3) is 0 Å². The lowest BCUT2D eigenvalue weighted by molar-refractivity contribution is 0.177. The summed E-state index contributed by atoms with van der Waals surface area (Å²) in [5.41, 5.74) is 1.45. The maximum Gasteiger partial charge on any atom is 0.0235 e. The standard InChI is InChI=1S/C18H30N2/c1-3-9-18(4-2)20-13-8-12-19-17(15-20)14-16-10-6-5-7-11-16/h5-7,10-11,17-19H,3-4,8-9,12-15H2,1-2H3. The first kappa shape index (κ1) is 15.5. The van der Waals surface area contributed by atoms with Gasteiger partial charge < -0.3 is 5.32 Å². The Morgan fingerprint density at radius 1 is 1.25 bits per heavy atom. The molecular weight excluding hydrogens is 244 g/mol. The van der Waals surface area contributed by atoms with Gasteiger partial charge in [0.15, 0.2) is 0 Å². The third kappa shape index (κ3) is 4.60. The van der Waals surface area contributed by atoms with Crippen LogP contribution in [0.15, 0.2) is 30.3 Å². The van der Waals surface area contributed by atoms with E-state index in [-0.39, 0.29) is 0 Å². The van der Waals surface area contributed by atoms with E-state index >= 15 is 0 Å². The van der Waals surface area contributed by atoms with Crippen molar-refractivity contribution in [1.29, 1.82) is 0 Å². The SMILES string of the molecule is CCCC(CC)N1CCCNC(Cc2ccccc2)C1. The summed E-state index contributed by atoms with van der Waals surface area (Å²) in [4.78, 5) is 2.73. The van der Waals surface area contributed by atoms with E-state index in [9.17, 15) is 0 Å². The first-order valence-corrected chi connectivity index (χ1v) is 8.34. The van der Waals surface area contributed by atoms with E-state index in [4.69, 9.17) is 0 Å². The number of benzene rings is 1. The molecule has 2 nitrogen and oxygen atoms in total.